The summed E-state index contributed by atoms with van der Waals surface area (Å²) in [5.74, 6) is -0.674. The topological polar surface area (TPSA) is 37.3 Å². The molecule has 1 aromatic rings. The van der Waals surface area contributed by atoms with Crippen LogP contribution in [0.15, 0.2) is 30.3 Å². The van der Waals surface area contributed by atoms with Gasteiger partial charge in [0.2, 0.25) is 0 Å². The van der Waals surface area contributed by atoms with Crippen LogP contribution in [0.25, 0.3) is 0 Å². The first-order valence-electron chi connectivity index (χ1n) is 12.6. The van der Waals surface area contributed by atoms with Crippen LogP contribution in [0.3, 0.4) is 0 Å². The standard InChI is InChI=1S/C27H47NO2/c1-4-5-6-7-8-9-10-11-12-17-22-26(25-20-15-13-16-21-25)28(2,3)24-19-14-18-23-27(29)30/h13,15-16,20-21,26H,4-12,14,17-19,22-24H2,1-3H3/p+1. The number of quaternary nitrogens is 1. The average molecular weight is 419 g/mol. The van der Waals surface area contributed by atoms with Crippen molar-refractivity contribution in [3.05, 3.63) is 35.9 Å². The fourth-order valence-corrected chi connectivity index (χ4v) is 4.55. The molecular weight excluding hydrogens is 370 g/mol. The maximum atomic E-state index is 10.7. The summed E-state index contributed by atoms with van der Waals surface area (Å²) in [5.41, 5.74) is 1.45. The molecule has 0 saturated carbocycles. The predicted molar refractivity (Wildman–Crippen MR) is 129 cm³/mol. The maximum Gasteiger partial charge on any atom is 0.303 e. The third kappa shape index (κ3) is 12.4. The van der Waals surface area contributed by atoms with Crippen molar-refractivity contribution in [2.75, 3.05) is 20.6 Å². The Morgan fingerprint density at radius 2 is 1.33 bits per heavy atom. The fourth-order valence-electron chi connectivity index (χ4n) is 4.55. The number of unbranched alkanes of at least 4 members (excludes halogenated alkanes) is 11. The fraction of sp³-hybridized carbons (Fsp3) is 0.741. The highest BCUT2D eigenvalue weighted by atomic mass is 16.4. The monoisotopic (exact) mass is 418 g/mol. The quantitative estimate of drug-likeness (QED) is 0.184. The normalized spacial score (nSPS) is 12.8. The Morgan fingerprint density at radius 3 is 1.90 bits per heavy atom. The molecule has 0 bridgehead atoms. The van der Waals surface area contributed by atoms with Crippen LogP contribution >= 0.6 is 0 Å². The zero-order chi connectivity index (χ0) is 22.1. The van der Waals surface area contributed by atoms with Crippen LogP contribution in [-0.2, 0) is 4.79 Å². The van der Waals surface area contributed by atoms with Gasteiger partial charge in [0.15, 0.2) is 0 Å². The third-order valence-corrected chi connectivity index (χ3v) is 6.48. The number of aliphatic carboxylic acids is 1. The molecule has 1 aromatic carbocycles. The van der Waals surface area contributed by atoms with E-state index in [1.165, 1.54) is 76.2 Å². The van der Waals surface area contributed by atoms with E-state index in [0.29, 0.717) is 12.5 Å². The Labute approximate surface area is 186 Å². The van der Waals surface area contributed by atoms with Crippen molar-refractivity contribution >= 4 is 5.97 Å². The summed E-state index contributed by atoms with van der Waals surface area (Å²) < 4.78 is 0.995. The number of carbonyl (C=O) groups is 1. The van der Waals surface area contributed by atoms with Gasteiger partial charge in [0, 0.05) is 18.4 Å². The minimum absolute atomic E-state index is 0.300. The van der Waals surface area contributed by atoms with Crippen molar-refractivity contribution in [2.45, 2.75) is 109 Å². The molecule has 0 aliphatic carbocycles. The van der Waals surface area contributed by atoms with E-state index in [1.807, 2.05) is 0 Å². The number of carboxylic acid groups (broad SMARTS) is 1. The highest BCUT2D eigenvalue weighted by molar-refractivity contribution is 5.66. The van der Waals surface area contributed by atoms with Gasteiger partial charge in [-0.05, 0) is 25.7 Å². The molecule has 0 aliphatic heterocycles. The zero-order valence-electron chi connectivity index (χ0n) is 20.1. The van der Waals surface area contributed by atoms with Crippen molar-refractivity contribution < 1.29 is 14.4 Å². The van der Waals surface area contributed by atoms with E-state index < -0.39 is 5.97 Å². The van der Waals surface area contributed by atoms with Crippen LogP contribution in [0.2, 0.25) is 0 Å². The van der Waals surface area contributed by atoms with Gasteiger partial charge >= 0.3 is 5.97 Å². The van der Waals surface area contributed by atoms with Crippen LogP contribution < -0.4 is 0 Å². The summed E-state index contributed by atoms with van der Waals surface area (Å²) in [6.07, 6.45) is 18.2. The molecule has 0 aliphatic rings. The molecule has 0 saturated heterocycles. The van der Waals surface area contributed by atoms with E-state index in [-0.39, 0.29) is 0 Å². The van der Waals surface area contributed by atoms with E-state index in [1.54, 1.807) is 0 Å². The number of hydrogen-bond acceptors (Lipinski definition) is 1. The largest absolute Gasteiger partial charge is 0.481 e. The molecule has 3 heteroatoms. The van der Waals surface area contributed by atoms with Gasteiger partial charge < -0.3 is 9.59 Å². The SMILES string of the molecule is CCCCCCCCCCCCC(c1ccccc1)[N+](C)(C)CCCCCC(=O)O. The predicted octanol–water partition coefficient (Wildman–Crippen LogP) is 7.76. The Balaban J connectivity index is 2.38. The average Bonchev–Trinajstić information content (AvgIpc) is 2.72. The molecule has 0 spiro atoms. The van der Waals surface area contributed by atoms with Gasteiger partial charge in [-0.3, -0.25) is 4.79 Å². The number of carboxylic acids is 1. The van der Waals surface area contributed by atoms with Crippen LogP contribution in [0.5, 0.6) is 0 Å². The second-order valence-corrected chi connectivity index (χ2v) is 9.60. The zero-order valence-corrected chi connectivity index (χ0v) is 20.1. The molecular formula is C27H48NO2+. The van der Waals surface area contributed by atoms with E-state index in [0.717, 1.165) is 30.3 Å². The van der Waals surface area contributed by atoms with Gasteiger partial charge in [-0.1, -0.05) is 95.0 Å². The van der Waals surface area contributed by atoms with Crippen molar-refractivity contribution in [1.29, 1.82) is 0 Å². The van der Waals surface area contributed by atoms with E-state index in [4.69, 9.17) is 5.11 Å². The Hall–Kier alpha value is -1.35. The van der Waals surface area contributed by atoms with Gasteiger partial charge in [0.05, 0.1) is 20.6 Å². The van der Waals surface area contributed by atoms with Crippen molar-refractivity contribution in [3.8, 4) is 0 Å². The first kappa shape index (κ1) is 26.7. The second-order valence-electron chi connectivity index (χ2n) is 9.60. The van der Waals surface area contributed by atoms with E-state index in [9.17, 15) is 4.79 Å². The van der Waals surface area contributed by atoms with Crippen molar-refractivity contribution in [2.24, 2.45) is 0 Å². The Bertz CT molecular complexity index is 541. The highest BCUT2D eigenvalue weighted by Crippen LogP contribution is 2.31. The molecule has 1 atom stereocenters. The summed E-state index contributed by atoms with van der Waals surface area (Å²) in [4.78, 5) is 10.7. The minimum atomic E-state index is -0.674. The molecule has 1 rings (SSSR count). The first-order valence-corrected chi connectivity index (χ1v) is 12.6. The number of rotatable bonds is 19. The summed E-state index contributed by atoms with van der Waals surface area (Å²) in [6, 6.07) is 11.5. The van der Waals surface area contributed by atoms with Gasteiger partial charge in [-0.15, -0.1) is 0 Å². The molecule has 172 valence electrons. The maximum absolute atomic E-state index is 10.7. The molecule has 1 unspecified atom stereocenters. The first-order chi connectivity index (χ1) is 14.5. The molecule has 0 radical (unpaired) electrons. The molecule has 30 heavy (non-hydrogen) atoms. The summed E-state index contributed by atoms with van der Waals surface area (Å²) in [6.45, 7) is 3.39. The van der Waals surface area contributed by atoms with E-state index >= 15 is 0 Å². The number of nitrogens with zero attached hydrogens (tertiary/aromatic N) is 1. The summed E-state index contributed by atoms with van der Waals surface area (Å²) in [5, 5.41) is 8.83. The number of hydrogen-bond donors (Lipinski definition) is 1. The van der Waals surface area contributed by atoms with E-state index in [2.05, 4.69) is 51.4 Å². The van der Waals surface area contributed by atoms with Gasteiger partial charge in [-0.25, -0.2) is 0 Å². The Kier molecular flexibility index (Phi) is 14.5. The number of benzene rings is 1. The third-order valence-electron chi connectivity index (χ3n) is 6.48. The smallest absolute Gasteiger partial charge is 0.303 e. The van der Waals surface area contributed by atoms with Crippen LogP contribution in [0.1, 0.15) is 115 Å². The molecule has 0 amide bonds. The van der Waals surface area contributed by atoms with Crippen molar-refractivity contribution in [3.63, 3.8) is 0 Å². The van der Waals surface area contributed by atoms with Gasteiger partial charge in [0.25, 0.3) is 0 Å². The van der Waals surface area contributed by atoms with Crippen molar-refractivity contribution in [1.82, 2.24) is 0 Å². The second kappa shape index (κ2) is 16.4. The van der Waals surface area contributed by atoms with Gasteiger partial charge in [0.1, 0.15) is 6.04 Å². The highest BCUT2D eigenvalue weighted by Gasteiger charge is 2.28. The molecule has 0 aromatic heterocycles. The van der Waals surface area contributed by atoms with Gasteiger partial charge in [-0.2, -0.15) is 0 Å². The van der Waals surface area contributed by atoms with Crippen LogP contribution in [0, 0.1) is 0 Å². The summed E-state index contributed by atoms with van der Waals surface area (Å²) in [7, 11) is 4.70. The molecule has 1 N–H and O–H groups in total. The van der Waals surface area contributed by atoms with Crippen LogP contribution in [-0.4, -0.2) is 36.2 Å². The lowest BCUT2D eigenvalue weighted by molar-refractivity contribution is -0.921. The lowest BCUT2D eigenvalue weighted by Crippen LogP contribution is -2.44. The molecule has 0 fully saturated rings. The lowest BCUT2D eigenvalue weighted by Gasteiger charge is -2.39. The lowest BCUT2D eigenvalue weighted by atomic mass is 9.96. The minimum Gasteiger partial charge on any atom is -0.481 e. The van der Waals surface area contributed by atoms with Crippen LogP contribution in [0.4, 0.5) is 0 Å². The Morgan fingerprint density at radius 1 is 0.800 bits per heavy atom. The summed E-state index contributed by atoms with van der Waals surface area (Å²) >= 11 is 0. The molecule has 3 nitrogen and oxygen atoms in total. The molecule has 0 heterocycles.